The standard InChI is InChI=1S/C20H21F2N3O3/c21-17-5-6-19(22)16(13-17)4-7-20(26)24-10-8-23(9-11-24)14-15-2-1-3-18(12-15)25(27)28/h1-3,5-6,12-13H,4,7-11,14H2. The van der Waals surface area contributed by atoms with Crippen molar-refractivity contribution >= 4 is 11.6 Å². The maximum absolute atomic E-state index is 13.7. The Labute approximate surface area is 161 Å². The minimum atomic E-state index is -0.515. The lowest BCUT2D eigenvalue weighted by atomic mass is 10.1. The van der Waals surface area contributed by atoms with Crippen LogP contribution in [0.25, 0.3) is 0 Å². The molecule has 0 spiro atoms. The molecule has 1 aliphatic rings. The fraction of sp³-hybridized carbons (Fsp3) is 0.350. The van der Waals surface area contributed by atoms with Crippen molar-refractivity contribution in [3.63, 3.8) is 0 Å². The first-order valence-corrected chi connectivity index (χ1v) is 9.10. The quantitative estimate of drug-likeness (QED) is 0.562. The minimum Gasteiger partial charge on any atom is -0.340 e. The summed E-state index contributed by atoms with van der Waals surface area (Å²) in [6.45, 7) is 2.97. The Balaban J connectivity index is 1.48. The number of hydrogen-bond donors (Lipinski definition) is 0. The number of amides is 1. The highest BCUT2D eigenvalue weighted by atomic mass is 19.1. The number of rotatable bonds is 6. The Bertz CT molecular complexity index is 868. The summed E-state index contributed by atoms with van der Waals surface area (Å²) in [4.78, 5) is 26.7. The minimum absolute atomic E-state index is 0.0656. The summed E-state index contributed by atoms with van der Waals surface area (Å²) in [7, 11) is 0. The molecule has 2 aromatic rings. The average molecular weight is 389 g/mol. The summed E-state index contributed by atoms with van der Waals surface area (Å²) in [5.41, 5.74) is 1.13. The lowest BCUT2D eigenvalue weighted by Crippen LogP contribution is -2.48. The molecule has 0 aliphatic carbocycles. The number of carbonyl (C=O) groups excluding carboxylic acids is 1. The van der Waals surface area contributed by atoms with E-state index in [1.54, 1.807) is 17.0 Å². The Morgan fingerprint density at radius 1 is 1.07 bits per heavy atom. The van der Waals surface area contributed by atoms with Gasteiger partial charge in [0.1, 0.15) is 11.6 Å². The van der Waals surface area contributed by atoms with Gasteiger partial charge in [-0.1, -0.05) is 12.1 Å². The molecule has 2 aromatic carbocycles. The first-order chi connectivity index (χ1) is 13.4. The van der Waals surface area contributed by atoms with Gasteiger partial charge in [-0.15, -0.1) is 0 Å². The molecule has 1 saturated heterocycles. The second-order valence-electron chi connectivity index (χ2n) is 6.82. The number of benzene rings is 2. The van der Waals surface area contributed by atoms with Crippen molar-refractivity contribution in [2.45, 2.75) is 19.4 Å². The van der Waals surface area contributed by atoms with Crippen molar-refractivity contribution in [3.05, 3.63) is 75.3 Å². The smallest absolute Gasteiger partial charge is 0.269 e. The van der Waals surface area contributed by atoms with Crippen LogP contribution in [0.15, 0.2) is 42.5 Å². The predicted octanol–water partition coefficient (Wildman–Crippen LogP) is 3.15. The summed E-state index contributed by atoms with van der Waals surface area (Å²) in [6, 6.07) is 9.78. The summed E-state index contributed by atoms with van der Waals surface area (Å²) >= 11 is 0. The van der Waals surface area contributed by atoms with Crippen molar-refractivity contribution in [2.24, 2.45) is 0 Å². The van der Waals surface area contributed by atoms with Crippen LogP contribution in [0.2, 0.25) is 0 Å². The van der Waals surface area contributed by atoms with Crippen LogP contribution in [0.4, 0.5) is 14.5 Å². The van der Waals surface area contributed by atoms with Crippen LogP contribution in [-0.2, 0) is 17.8 Å². The van der Waals surface area contributed by atoms with Gasteiger partial charge in [0.2, 0.25) is 5.91 Å². The SMILES string of the molecule is O=C(CCc1cc(F)ccc1F)N1CCN(Cc2cccc([N+](=O)[O-])c2)CC1. The maximum Gasteiger partial charge on any atom is 0.269 e. The van der Waals surface area contributed by atoms with Gasteiger partial charge in [-0.25, -0.2) is 8.78 Å². The van der Waals surface area contributed by atoms with Crippen LogP contribution in [0.1, 0.15) is 17.5 Å². The number of piperazine rings is 1. The molecule has 148 valence electrons. The lowest BCUT2D eigenvalue weighted by molar-refractivity contribution is -0.384. The topological polar surface area (TPSA) is 66.7 Å². The number of hydrogen-bond acceptors (Lipinski definition) is 4. The van der Waals surface area contributed by atoms with Gasteiger partial charge in [0.15, 0.2) is 0 Å². The molecule has 1 fully saturated rings. The molecule has 0 unspecified atom stereocenters. The highest BCUT2D eigenvalue weighted by molar-refractivity contribution is 5.76. The molecule has 8 heteroatoms. The lowest BCUT2D eigenvalue weighted by Gasteiger charge is -2.34. The van der Waals surface area contributed by atoms with Gasteiger partial charge in [-0.3, -0.25) is 19.8 Å². The number of halogens is 2. The summed E-state index contributed by atoms with van der Waals surface area (Å²) < 4.78 is 26.9. The molecule has 0 radical (unpaired) electrons. The van der Waals surface area contributed by atoms with Crippen LogP contribution < -0.4 is 0 Å². The monoisotopic (exact) mass is 389 g/mol. The zero-order valence-electron chi connectivity index (χ0n) is 15.3. The number of non-ortho nitro benzene ring substituents is 1. The van der Waals surface area contributed by atoms with Crippen molar-refractivity contribution < 1.29 is 18.5 Å². The van der Waals surface area contributed by atoms with E-state index in [1.807, 2.05) is 6.07 Å². The fourth-order valence-electron chi connectivity index (χ4n) is 3.32. The summed E-state index contributed by atoms with van der Waals surface area (Å²) in [6.07, 6.45) is 0.293. The van der Waals surface area contributed by atoms with E-state index in [0.29, 0.717) is 32.7 Å². The van der Waals surface area contributed by atoms with Crippen molar-refractivity contribution in [2.75, 3.05) is 26.2 Å². The van der Waals surface area contributed by atoms with E-state index in [4.69, 9.17) is 0 Å². The zero-order chi connectivity index (χ0) is 20.1. The van der Waals surface area contributed by atoms with Gasteiger partial charge in [0.05, 0.1) is 4.92 Å². The van der Waals surface area contributed by atoms with E-state index < -0.39 is 16.6 Å². The second kappa shape index (κ2) is 8.88. The summed E-state index contributed by atoms with van der Waals surface area (Å²) in [5, 5.41) is 10.9. The molecule has 1 amide bonds. The van der Waals surface area contributed by atoms with Crippen molar-refractivity contribution in [1.29, 1.82) is 0 Å². The molecular formula is C20H21F2N3O3. The van der Waals surface area contributed by atoms with Crippen LogP contribution in [0.5, 0.6) is 0 Å². The average Bonchev–Trinajstić information content (AvgIpc) is 2.69. The first kappa shape index (κ1) is 19.9. The normalized spacial score (nSPS) is 14.9. The van der Waals surface area contributed by atoms with Crippen molar-refractivity contribution in [3.8, 4) is 0 Å². The Morgan fingerprint density at radius 2 is 1.82 bits per heavy atom. The van der Waals surface area contributed by atoms with E-state index in [-0.39, 0.29) is 30.0 Å². The van der Waals surface area contributed by atoms with Crippen LogP contribution >= 0.6 is 0 Å². The van der Waals surface area contributed by atoms with E-state index in [1.165, 1.54) is 6.07 Å². The van der Waals surface area contributed by atoms with Crippen molar-refractivity contribution in [1.82, 2.24) is 9.80 Å². The number of carbonyl (C=O) groups is 1. The second-order valence-corrected chi connectivity index (χ2v) is 6.82. The third-order valence-corrected chi connectivity index (χ3v) is 4.87. The molecule has 6 nitrogen and oxygen atoms in total. The first-order valence-electron chi connectivity index (χ1n) is 9.10. The number of nitro benzene ring substituents is 1. The number of nitro groups is 1. The van der Waals surface area contributed by atoms with E-state index in [9.17, 15) is 23.7 Å². The van der Waals surface area contributed by atoms with E-state index in [2.05, 4.69) is 4.90 Å². The Morgan fingerprint density at radius 3 is 2.54 bits per heavy atom. The van der Waals surface area contributed by atoms with Gasteiger partial charge >= 0.3 is 0 Å². The molecule has 3 rings (SSSR count). The van der Waals surface area contributed by atoms with Gasteiger partial charge in [-0.2, -0.15) is 0 Å². The van der Waals surface area contributed by atoms with E-state index in [0.717, 1.165) is 23.8 Å². The molecule has 0 bridgehead atoms. The molecule has 0 saturated carbocycles. The zero-order valence-corrected chi connectivity index (χ0v) is 15.3. The summed E-state index contributed by atoms with van der Waals surface area (Å²) in [5.74, 6) is -1.10. The molecule has 1 heterocycles. The Kier molecular flexibility index (Phi) is 6.30. The van der Waals surface area contributed by atoms with Crippen LogP contribution in [0.3, 0.4) is 0 Å². The van der Waals surface area contributed by atoms with Gasteiger partial charge in [-0.05, 0) is 35.7 Å². The predicted molar refractivity (Wildman–Crippen MR) is 99.6 cm³/mol. The van der Waals surface area contributed by atoms with E-state index >= 15 is 0 Å². The molecule has 1 aliphatic heterocycles. The fourth-order valence-corrected chi connectivity index (χ4v) is 3.32. The van der Waals surface area contributed by atoms with Gasteiger partial charge in [0, 0.05) is 51.3 Å². The third kappa shape index (κ3) is 5.10. The van der Waals surface area contributed by atoms with Gasteiger partial charge < -0.3 is 4.90 Å². The highest BCUT2D eigenvalue weighted by Crippen LogP contribution is 2.17. The molecule has 0 atom stereocenters. The Hall–Kier alpha value is -2.87. The number of aryl methyl sites for hydroxylation is 1. The maximum atomic E-state index is 13.7. The highest BCUT2D eigenvalue weighted by Gasteiger charge is 2.21. The van der Waals surface area contributed by atoms with Crippen LogP contribution in [0, 0.1) is 21.7 Å². The van der Waals surface area contributed by atoms with Crippen LogP contribution in [-0.4, -0.2) is 46.8 Å². The molecular weight excluding hydrogens is 368 g/mol. The third-order valence-electron chi connectivity index (χ3n) is 4.87. The molecule has 0 aromatic heterocycles. The molecule has 0 N–H and O–H groups in total. The largest absolute Gasteiger partial charge is 0.340 e. The molecule has 28 heavy (non-hydrogen) atoms. The number of nitrogens with zero attached hydrogens (tertiary/aromatic N) is 3. The van der Waals surface area contributed by atoms with Gasteiger partial charge in [0.25, 0.3) is 5.69 Å².